The number of thiazole rings is 1. The van der Waals surface area contributed by atoms with Crippen molar-refractivity contribution in [2.45, 2.75) is 0 Å². The summed E-state index contributed by atoms with van der Waals surface area (Å²) in [5.41, 5.74) is 14.4. The van der Waals surface area contributed by atoms with E-state index in [1.54, 1.807) is 0 Å². The van der Waals surface area contributed by atoms with E-state index in [-0.39, 0.29) is 23.0 Å². The smallest absolute Gasteiger partial charge is 0.269 e. The molecule has 30 heavy (non-hydrogen) atoms. The second kappa shape index (κ2) is 7.07. The number of para-hydroxylation sites is 1. The molecule has 0 atom stereocenters. The first-order valence-corrected chi connectivity index (χ1v) is 11.2. The predicted octanol–water partition coefficient (Wildman–Crippen LogP) is 4.92. The lowest BCUT2D eigenvalue weighted by Gasteiger charge is -2.07. The Hall–Kier alpha value is -3.52. The molecule has 0 radical (unpaired) electrons. The molecule has 1 aromatic carbocycles. The average Bonchev–Trinajstić information content (AvgIpc) is 3.45. The van der Waals surface area contributed by atoms with Crippen LogP contribution in [-0.2, 0) is 0 Å². The Morgan fingerprint density at radius 1 is 1.10 bits per heavy atom. The van der Waals surface area contributed by atoms with Crippen LogP contribution >= 0.6 is 34.0 Å². The number of hydrogen-bond acceptors (Lipinski definition) is 9. The van der Waals surface area contributed by atoms with Crippen molar-refractivity contribution in [2.75, 3.05) is 16.8 Å². The molecule has 10 heteroatoms. The van der Waals surface area contributed by atoms with Gasteiger partial charge in [-0.1, -0.05) is 29.5 Å². The minimum atomic E-state index is -0.372. The van der Waals surface area contributed by atoms with Crippen molar-refractivity contribution in [3.8, 4) is 16.5 Å². The molecule has 5 N–H and O–H groups in total. The largest absolute Gasteiger partial charge is 0.397 e. The molecule has 0 bridgehead atoms. The third-order valence-corrected chi connectivity index (χ3v) is 7.44. The standard InChI is InChI=1S/C20H12N6OS3/c21-8-9-13(12-6-3-7-28-12)14-15(22)16(30-19(14)25-17(9)23)18(27)26-20-24-10-4-1-2-5-11(10)29-20/h1-7H,22H2,(H2,23,25)(H,24,26,27). The molecule has 0 saturated heterocycles. The van der Waals surface area contributed by atoms with E-state index >= 15 is 0 Å². The van der Waals surface area contributed by atoms with Gasteiger partial charge in [-0.3, -0.25) is 10.1 Å². The Kier molecular flexibility index (Phi) is 4.36. The zero-order valence-corrected chi connectivity index (χ0v) is 17.6. The van der Waals surface area contributed by atoms with Crippen LogP contribution in [0, 0.1) is 11.3 Å². The van der Waals surface area contributed by atoms with Crippen molar-refractivity contribution in [1.82, 2.24) is 9.97 Å². The first-order valence-electron chi connectivity index (χ1n) is 8.69. The van der Waals surface area contributed by atoms with E-state index in [1.165, 1.54) is 22.7 Å². The summed E-state index contributed by atoms with van der Waals surface area (Å²) in [6.07, 6.45) is 0. The Morgan fingerprint density at radius 2 is 1.93 bits per heavy atom. The molecule has 0 aliphatic carbocycles. The quantitative estimate of drug-likeness (QED) is 0.359. The van der Waals surface area contributed by atoms with Gasteiger partial charge in [0.25, 0.3) is 5.91 Å². The predicted molar refractivity (Wildman–Crippen MR) is 124 cm³/mol. The maximum Gasteiger partial charge on any atom is 0.269 e. The average molecular weight is 449 g/mol. The third kappa shape index (κ3) is 2.88. The molecule has 7 nitrogen and oxygen atoms in total. The van der Waals surface area contributed by atoms with E-state index in [0.29, 0.717) is 25.8 Å². The van der Waals surface area contributed by atoms with Crippen molar-refractivity contribution >= 4 is 77.0 Å². The molecule has 0 aliphatic rings. The van der Waals surface area contributed by atoms with E-state index in [9.17, 15) is 10.1 Å². The second-order valence-electron chi connectivity index (χ2n) is 6.30. The number of amides is 1. The highest BCUT2D eigenvalue weighted by molar-refractivity contribution is 7.23. The van der Waals surface area contributed by atoms with Gasteiger partial charge in [-0.15, -0.1) is 22.7 Å². The molecule has 5 aromatic rings. The number of nitrogens with two attached hydrogens (primary N) is 2. The molecule has 0 aliphatic heterocycles. The van der Waals surface area contributed by atoms with Crippen molar-refractivity contribution < 1.29 is 4.79 Å². The van der Waals surface area contributed by atoms with E-state index in [1.807, 2.05) is 41.8 Å². The lowest BCUT2D eigenvalue weighted by molar-refractivity contribution is 0.103. The van der Waals surface area contributed by atoms with E-state index in [0.717, 1.165) is 26.4 Å². The zero-order chi connectivity index (χ0) is 20.8. The number of fused-ring (bicyclic) bond motifs is 2. The Labute approximate surface area is 182 Å². The van der Waals surface area contributed by atoms with E-state index in [4.69, 9.17) is 11.5 Å². The van der Waals surface area contributed by atoms with Crippen LogP contribution in [0.4, 0.5) is 16.6 Å². The van der Waals surface area contributed by atoms with Gasteiger partial charge >= 0.3 is 0 Å². The van der Waals surface area contributed by atoms with Crippen molar-refractivity contribution in [3.63, 3.8) is 0 Å². The summed E-state index contributed by atoms with van der Waals surface area (Å²) in [5, 5.41) is 15.4. The fourth-order valence-corrected chi connectivity index (χ4v) is 5.85. The second-order valence-corrected chi connectivity index (χ2v) is 9.28. The van der Waals surface area contributed by atoms with Crippen LogP contribution in [0.5, 0.6) is 0 Å². The summed E-state index contributed by atoms with van der Waals surface area (Å²) in [6.45, 7) is 0. The highest BCUT2D eigenvalue weighted by Gasteiger charge is 2.25. The Balaban J connectivity index is 1.63. The number of nitrogens with zero attached hydrogens (tertiary/aromatic N) is 3. The fourth-order valence-electron chi connectivity index (χ4n) is 3.20. The summed E-state index contributed by atoms with van der Waals surface area (Å²) in [5.74, 6) is -0.253. The fraction of sp³-hybridized carbons (Fsp3) is 0. The SMILES string of the molecule is N#Cc1c(N)nc2sc(C(=O)Nc3nc4ccccc4s3)c(N)c2c1-c1cccs1. The molecular weight excluding hydrogens is 436 g/mol. The highest BCUT2D eigenvalue weighted by Crippen LogP contribution is 2.44. The monoisotopic (exact) mass is 448 g/mol. The zero-order valence-electron chi connectivity index (χ0n) is 15.2. The van der Waals surface area contributed by atoms with Gasteiger partial charge in [-0.05, 0) is 23.6 Å². The first-order chi connectivity index (χ1) is 14.6. The minimum Gasteiger partial charge on any atom is -0.397 e. The number of carbonyl (C=O) groups excluding carboxylic acids is 1. The third-order valence-electron chi connectivity index (χ3n) is 4.50. The number of thiophene rings is 2. The van der Waals surface area contributed by atoms with Crippen LogP contribution in [0.25, 0.3) is 30.9 Å². The summed E-state index contributed by atoms with van der Waals surface area (Å²) < 4.78 is 0.977. The van der Waals surface area contributed by atoms with Crippen molar-refractivity contribution in [1.29, 1.82) is 5.26 Å². The summed E-state index contributed by atoms with van der Waals surface area (Å²) in [7, 11) is 0. The van der Waals surface area contributed by atoms with Gasteiger partial charge in [0, 0.05) is 15.8 Å². The molecular formula is C20H12N6OS3. The number of nitrogen functional groups attached to an aromatic ring is 2. The van der Waals surface area contributed by atoms with E-state index in [2.05, 4.69) is 21.4 Å². The highest BCUT2D eigenvalue weighted by atomic mass is 32.1. The topological polar surface area (TPSA) is 131 Å². The maximum absolute atomic E-state index is 13.0. The molecule has 1 amide bonds. The number of pyridine rings is 1. The number of hydrogen-bond donors (Lipinski definition) is 3. The number of nitrogens with one attached hydrogen (secondary N) is 1. The molecule has 4 aromatic heterocycles. The lowest BCUT2D eigenvalue weighted by atomic mass is 10.0. The van der Waals surface area contributed by atoms with Crippen LogP contribution in [-0.4, -0.2) is 15.9 Å². The number of benzene rings is 1. The number of carbonyl (C=O) groups is 1. The van der Waals surface area contributed by atoms with Gasteiger partial charge in [0.1, 0.15) is 27.2 Å². The Morgan fingerprint density at radius 3 is 2.67 bits per heavy atom. The van der Waals surface area contributed by atoms with Crippen LogP contribution in [0.1, 0.15) is 15.2 Å². The molecule has 5 rings (SSSR count). The van der Waals surface area contributed by atoms with Crippen LogP contribution in [0.2, 0.25) is 0 Å². The summed E-state index contributed by atoms with van der Waals surface area (Å²) in [6, 6.07) is 13.5. The molecule has 0 spiro atoms. The number of nitriles is 1. The van der Waals surface area contributed by atoms with Crippen LogP contribution in [0.3, 0.4) is 0 Å². The van der Waals surface area contributed by atoms with Gasteiger partial charge in [-0.2, -0.15) is 5.26 Å². The first kappa shape index (κ1) is 18.5. The van der Waals surface area contributed by atoms with E-state index < -0.39 is 0 Å². The van der Waals surface area contributed by atoms with Gasteiger partial charge < -0.3 is 11.5 Å². The van der Waals surface area contributed by atoms with Gasteiger partial charge in [0.15, 0.2) is 5.13 Å². The van der Waals surface area contributed by atoms with Gasteiger partial charge in [0.2, 0.25) is 0 Å². The molecule has 0 unspecified atom stereocenters. The number of rotatable bonds is 3. The van der Waals surface area contributed by atoms with Gasteiger partial charge in [0.05, 0.1) is 15.9 Å². The number of anilines is 3. The summed E-state index contributed by atoms with van der Waals surface area (Å²) >= 11 is 4.00. The molecule has 0 fully saturated rings. The number of aromatic nitrogens is 2. The minimum absolute atomic E-state index is 0.118. The lowest BCUT2D eigenvalue weighted by Crippen LogP contribution is -2.11. The van der Waals surface area contributed by atoms with Crippen LogP contribution in [0.15, 0.2) is 41.8 Å². The summed E-state index contributed by atoms with van der Waals surface area (Å²) in [4.78, 5) is 23.4. The molecule has 0 saturated carbocycles. The van der Waals surface area contributed by atoms with Crippen molar-refractivity contribution in [2.24, 2.45) is 0 Å². The van der Waals surface area contributed by atoms with Gasteiger partial charge in [-0.25, -0.2) is 9.97 Å². The molecule has 4 heterocycles. The normalized spacial score (nSPS) is 11.0. The maximum atomic E-state index is 13.0. The molecule has 146 valence electrons. The van der Waals surface area contributed by atoms with Crippen LogP contribution < -0.4 is 16.8 Å². The van der Waals surface area contributed by atoms with Crippen molar-refractivity contribution in [3.05, 3.63) is 52.2 Å². The Bertz CT molecular complexity index is 1440.